The van der Waals surface area contributed by atoms with Crippen LogP contribution in [0.5, 0.6) is 0 Å². The Morgan fingerprint density at radius 3 is 3.17 bits per heavy atom. The predicted octanol–water partition coefficient (Wildman–Crippen LogP) is -0.117. The first kappa shape index (κ1) is 9.28. The lowest BCUT2D eigenvalue weighted by molar-refractivity contribution is 0.106. The molecule has 1 fully saturated rings. The number of hydroxylamine groups is 1. The fourth-order valence-corrected chi connectivity index (χ4v) is 1.11. The van der Waals surface area contributed by atoms with Crippen LogP contribution in [0.3, 0.4) is 0 Å². The summed E-state index contributed by atoms with van der Waals surface area (Å²) in [6, 6.07) is -0.301. The van der Waals surface area contributed by atoms with E-state index >= 15 is 0 Å². The number of rotatable bonds is 3. The molecule has 2 N–H and O–H groups in total. The third-order valence-electron chi connectivity index (χ3n) is 1.77. The SMILES string of the molecule is CONC(=O)NCC1CCOC1. The molecule has 0 spiro atoms. The molecule has 0 radical (unpaired) electrons. The topological polar surface area (TPSA) is 59.6 Å². The van der Waals surface area contributed by atoms with Gasteiger partial charge in [-0.1, -0.05) is 0 Å². The Morgan fingerprint density at radius 1 is 1.75 bits per heavy atom. The molecular formula is C7H14N2O3. The normalized spacial score (nSPS) is 22.2. The first-order valence-corrected chi connectivity index (χ1v) is 3.97. The van der Waals surface area contributed by atoms with Gasteiger partial charge < -0.3 is 10.1 Å². The fourth-order valence-electron chi connectivity index (χ4n) is 1.11. The summed E-state index contributed by atoms with van der Waals surface area (Å²) < 4.78 is 5.15. The summed E-state index contributed by atoms with van der Waals surface area (Å²) in [6.07, 6.45) is 1.02. The second-order valence-electron chi connectivity index (χ2n) is 2.75. The number of carbonyl (C=O) groups excluding carboxylic acids is 1. The van der Waals surface area contributed by atoms with E-state index in [1.54, 1.807) is 0 Å². The molecule has 1 aliphatic rings. The third-order valence-corrected chi connectivity index (χ3v) is 1.77. The first-order chi connectivity index (χ1) is 5.83. The molecule has 2 amide bonds. The van der Waals surface area contributed by atoms with Crippen molar-refractivity contribution in [1.29, 1.82) is 0 Å². The van der Waals surface area contributed by atoms with Gasteiger partial charge in [0.2, 0.25) is 0 Å². The fraction of sp³-hybridized carbons (Fsp3) is 0.857. The number of hydrogen-bond acceptors (Lipinski definition) is 3. The molecule has 5 nitrogen and oxygen atoms in total. The molecule has 0 aromatic carbocycles. The molecule has 12 heavy (non-hydrogen) atoms. The van der Waals surface area contributed by atoms with Crippen molar-refractivity contribution >= 4 is 6.03 Å². The van der Waals surface area contributed by atoms with Crippen LogP contribution in [0.2, 0.25) is 0 Å². The van der Waals surface area contributed by atoms with Crippen LogP contribution in [-0.4, -0.2) is 32.9 Å². The van der Waals surface area contributed by atoms with Crippen molar-refractivity contribution in [3.05, 3.63) is 0 Å². The van der Waals surface area contributed by atoms with Gasteiger partial charge in [0.05, 0.1) is 13.7 Å². The summed E-state index contributed by atoms with van der Waals surface area (Å²) in [5.41, 5.74) is 2.18. The zero-order chi connectivity index (χ0) is 8.81. The van der Waals surface area contributed by atoms with Crippen molar-refractivity contribution in [2.75, 3.05) is 26.9 Å². The Hall–Kier alpha value is -0.810. The van der Waals surface area contributed by atoms with Crippen LogP contribution < -0.4 is 10.8 Å². The Morgan fingerprint density at radius 2 is 2.58 bits per heavy atom. The monoisotopic (exact) mass is 174 g/mol. The highest BCUT2D eigenvalue weighted by atomic mass is 16.6. The molecule has 0 aliphatic carbocycles. The highest BCUT2D eigenvalue weighted by molar-refractivity contribution is 5.72. The number of carbonyl (C=O) groups is 1. The number of nitrogens with one attached hydrogen (secondary N) is 2. The maximum Gasteiger partial charge on any atom is 0.338 e. The molecule has 0 bridgehead atoms. The Balaban J connectivity index is 2.03. The molecule has 1 atom stereocenters. The molecule has 70 valence electrons. The minimum atomic E-state index is -0.301. The molecule has 1 saturated heterocycles. The molecule has 5 heteroatoms. The summed E-state index contributed by atoms with van der Waals surface area (Å²) in [7, 11) is 1.40. The van der Waals surface area contributed by atoms with Gasteiger partial charge in [-0.25, -0.2) is 10.3 Å². The van der Waals surface area contributed by atoms with Crippen molar-refractivity contribution in [3.8, 4) is 0 Å². The largest absolute Gasteiger partial charge is 0.381 e. The number of urea groups is 1. The quantitative estimate of drug-likeness (QED) is 0.586. The highest BCUT2D eigenvalue weighted by Gasteiger charge is 2.15. The molecule has 0 aromatic heterocycles. The van der Waals surface area contributed by atoms with Gasteiger partial charge in [-0.15, -0.1) is 0 Å². The number of amides is 2. The van der Waals surface area contributed by atoms with Crippen molar-refractivity contribution in [2.45, 2.75) is 6.42 Å². The second-order valence-corrected chi connectivity index (χ2v) is 2.75. The van der Waals surface area contributed by atoms with E-state index in [9.17, 15) is 4.79 Å². The van der Waals surface area contributed by atoms with Gasteiger partial charge in [-0.2, -0.15) is 0 Å². The van der Waals surface area contributed by atoms with E-state index in [1.807, 2.05) is 0 Å². The molecule has 0 saturated carbocycles. The Bertz CT molecular complexity index is 146. The smallest absolute Gasteiger partial charge is 0.338 e. The minimum Gasteiger partial charge on any atom is -0.381 e. The number of hydrogen-bond donors (Lipinski definition) is 2. The van der Waals surface area contributed by atoms with E-state index in [-0.39, 0.29) is 6.03 Å². The molecule has 1 unspecified atom stereocenters. The van der Waals surface area contributed by atoms with Gasteiger partial charge in [0.25, 0.3) is 0 Å². The molecule has 1 rings (SSSR count). The zero-order valence-corrected chi connectivity index (χ0v) is 7.13. The lowest BCUT2D eigenvalue weighted by Crippen LogP contribution is -2.37. The second kappa shape index (κ2) is 4.95. The molecule has 1 aliphatic heterocycles. The average Bonchev–Trinajstić information content (AvgIpc) is 2.53. The maximum absolute atomic E-state index is 10.8. The van der Waals surface area contributed by atoms with Gasteiger partial charge in [-0.05, 0) is 6.42 Å². The van der Waals surface area contributed by atoms with Crippen LogP contribution >= 0.6 is 0 Å². The van der Waals surface area contributed by atoms with Gasteiger partial charge >= 0.3 is 6.03 Å². The lowest BCUT2D eigenvalue weighted by Gasteiger charge is -2.08. The summed E-state index contributed by atoms with van der Waals surface area (Å²) >= 11 is 0. The average molecular weight is 174 g/mol. The molecule has 0 aromatic rings. The molecular weight excluding hydrogens is 160 g/mol. The minimum absolute atomic E-state index is 0.301. The van der Waals surface area contributed by atoms with Gasteiger partial charge in [0.15, 0.2) is 0 Å². The Labute approximate surface area is 71.4 Å². The highest BCUT2D eigenvalue weighted by Crippen LogP contribution is 2.10. The van der Waals surface area contributed by atoms with Crippen molar-refractivity contribution < 1.29 is 14.4 Å². The van der Waals surface area contributed by atoms with E-state index in [1.165, 1.54) is 7.11 Å². The lowest BCUT2D eigenvalue weighted by atomic mass is 10.1. The van der Waals surface area contributed by atoms with Crippen molar-refractivity contribution in [1.82, 2.24) is 10.8 Å². The van der Waals surface area contributed by atoms with E-state index < -0.39 is 0 Å². The zero-order valence-electron chi connectivity index (χ0n) is 7.13. The van der Waals surface area contributed by atoms with Crippen LogP contribution in [0.1, 0.15) is 6.42 Å². The standard InChI is InChI=1S/C7H14N2O3/c1-11-9-7(10)8-4-6-2-3-12-5-6/h6H,2-5H2,1H3,(H2,8,9,10). The van der Waals surface area contributed by atoms with Gasteiger partial charge in [0.1, 0.15) is 0 Å². The van der Waals surface area contributed by atoms with E-state index in [4.69, 9.17) is 4.74 Å². The van der Waals surface area contributed by atoms with Gasteiger partial charge in [0, 0.05) is 19.1 Å². The van der Waals surface area contributed by atoms with E-state index in [0.717, 1.165) is 19.6 Å². The van der Waals surface area contributed by atoms with Crippen LogP contribution in [0.25, 0.3) is 0 Å². The van der Waals surface area contributed by atoms with Crippen LogP contribution in [0.15, 0.2) is 0 Å². The summed E-state index contributed by atoms with van der Waals surface area (Å²) in [5, 5.41) is 2.67. The first-order valence-electron chi connectivity index (χ1n) is 3.97. The van der Waals surface area contributed by atoms with E-state index in [0.29, 0.717) is 12.5 Å². The summed E-state index contributed by atoms with van der Waals surface area (Å²) in [6.45, 7) is 2.20. The van der Waals surface area contributed by atoms with Crippen molar-refractivity contribution in [2.24, 2.45) is 5.92 Å². The summed E-state index contributed by atoms with van der Waals surface area (Å²) in [5.74, 6) is 0.451. The van der Waals surface area contributed by atoms with Gasteiger partial charge in [-0.3, -0.25) is 4.84 Å². The molecule has 1 heterocycles. The third kappa shape index (κ3) is 3.06. The van der Waals surface area contributed by atoms with Crippen molar-refractivity contribution in [3.63, 3.8) is 0 Å². The van der Waals surface area contributed by atoms with Crippen LogP contribution in [0, 0.1) is 5.92 Å². The van der Waals surface area contributed by atoms with Crippen LogP contribution in [-0.2, 0) is 9.57 Å². The Kier molecular flexibility index (Phi) is 3.83. The summed E-state index contributed by atoms with van der Waals surface area (Å²) in [4.78, 5) is 15.2. The van der Waals surface area contributed by atoms with Crippen LogP contribution in [0.4, 0.5) is 4.79 Å². The maximum atomic E-state index is 10.8. The number of ether oxygens (including phenoxy) is 1. The van der Waals surface area contributed by atoms with E-state index in [2.05, 4.69) is 15.6 Å². The predicted molar refractivity (Wildman–Crippen MR) is 42.5 cm³/mol.